The molecule has 0 aliphatic carbocycles. The summed E-state index contributed by atoms with van der Waals surface area (Å²) in [4.78, 5) is 0. The maximum absolute atomic E-state index is 13.3. The number of anilines is 3. The second kappa shape index (κ2) is 5.16. The Kier molecular flexibility index (Phi) is 3.78. The van der Waals surface area contributed by atoms with Crippen LogP contribution in [0.25, 0.3) is 0 Å². The molecule has 2 nitrogen and oxygen atoms in total. The molecule has 2 aromatic rings. The molecule has 0 aromatic heterocycles. The zero-order chi connectivity index (χ0) is 13.3. The minimum Gasteiger partial charge on any atom is -0.397 e. The first-order valence-corrected chi connectivity index (χ1v) is 6.43. The summed E-state index contributed by atoms with van der Waals surface area (Å²) in [5, 5.41) is 3.81. The normalized spacial score (nSPS) is 10.4. The smallest absolute Gasteiger partial charge is 0.139 e. The lowest BCUT2D eigenvalue weighted by Gasteiger charge is -2.13. The molecule has 0 aliphatic heterocycles. The van der Waals surface area contributed by atoms with Crippen molar-refractivity contribution in [3.63, 3.8) is 0 Å². The molecule has 0 saturated heterocycles. The first kappa shape index (κ1) is 13.2. The van der Waals surface area contributed by atoms with Gasteiger partial charge < -0.3 is 11.1 Å². The second-order valence-electron chi connectivity index (χ2n) is 3.89. The zero-order valence-corrected chi connectivity index (χ0v) is 11.9. The third kappa shape index (κ3) is 2.60. The van der Waals surface area contributed by atoms with Gasteiger partial charge in [0.25, 0.3) is 0 Å². The van der Waals surface area contributed by atoms with Gasteiger partial charge in [-0.25, -0.2) is 4.39 Å². The fraction of sp³-hybridized carbons (Fsp3) is 0.0769. The fourth-order valence-corrected chi connectivity index (χ4v) is 2.08. The number of benzene rings is 2. The molecule has 0 spiro atoms. The molecular weight excluding hydrogens is 319 g/mol. The Morgan fingerprint density at radius 1 is 1.28 bits per heavy atom. The van der Waals surface area contributed by atoms with Crippen LogP contribution < -0.4 is 11.1 Å². The van der Waals surface area contributed by atoms with E-state index in [0.29, 0.717) is 20.9 Å². The van der Waals surface area contributed by atoms with E-state index in [4.69, 9.17) is 17.3 Å². The summed E-state index contributed by atoms with van der Waals surface area (Å²) in [5.41, 5.74) is 8.50. The van der Waals surface area contributed by atoms with Gasteiger partial charge in [0.1, 0.15) is 5.82 Å². The number of hydrogen-bond acceptors (Lipinski definition) is 2. The van der Waals surface area contributed by atoms with Crippen molar-refractivity contribution in [1.82, 2.24) is 0 Å². The summed E-state index contributed by atoms with van der Waals surface area (Å²) < 4.78 is 13.6. The average molecular weight is 330 g/mol. The van der Waals surface area contributed by atoms with E-state index in [2.05, 4.69) is 21.2 Å². The third-order valence-corrected chi connectivity index (χ3v) is 3.65. The number of halogens is 3. The lowest BCUT2D eigenvalue weighted by molar-refractivity contribution is 0.622. The predicted octanol–water partition coefficient (Wildman–Crippen LogP) is 4.88. The number of hydrogen-bond donors (Lipinski definition) is 2. The molecule has 2 rings (SSSR count). The van der Waals surface area contributed by atoms with Crippen LogP contribution in [0.4, 0.5) is 21.5 Å². The van der Waals surface area contributed by atoms with Gasteiger partial charge in [0, 0.05) is 16.8 Å². The van der Waals surface area contributed by atoms with Crippen LogP contribution in [-0.4, -0.2) is 0 Å². The van der Waals surface area contributed by atoms with Crippen LogP contribution in [0.3, 0.4) is 0 Å². The molecule has 2 aromatic carbocycles. The van der Waals surface area contributed by atoms with Gasteiger partial charge >= 0.3 is 0 Å². The van der Waals surface area contributed by atoms with E-state index in [1.807, 2.05) is 25.1 Å². The van der Waals surface area contributed by atoms with Crippen molar-refractivity contribution in [1.29, 1.82) is 0 Å². The molecule has 0 amide bonds. The van der Waals surface area contributed by atoms with E-state index in [-0.39, 0.29) is 5.82 Å². The van der Waals surface area contributed by atoms with Crippen LogP contribution in [0.15, 0.2) is 34.8 Å². The molecule has 0 bridgehead atoms. The third-order valence-electron chi connectivity index (χ3n) is 2.63. The Bertz CT molecular complexity index is 602. The predicted molar refractivity (Wildman–Crippen MR) is 78.0 cm³/mol. The highest BCUT2D eigenvalue weighted by atomic mass is 79.9. The molecule has 0 atom stereocenters. The SMILES string of the molecule is Cc1c(Cl)cccc1Nc1cc(Br)c(F)cc1N. The topological polar surface area (TPSA) is 38.0 Å². The minimum atomic E-state index is -0.388. The van der Waals surface area contributed by atoms with Crippen molar-refractivity contribution in [2.75, 3.05) is 11.1 Å². The Labute approximate surface area is 118 Å². The van der Waals surface area contributed by atoms with E-state index in [0.717, 1.165) is 11.3 Å². The van der Waals surface area contributed by atoms with Gasteiger partial charge in [-0.05, 0) is 46.6 Å². The van der Waals surface area contributed by atoms with Gasteiger partial charge in [-0.2, -0.15) is 0 Å². The van der Waals surface area contributed by atoms with Gasteiger partial charge in [0.15, 0.2) is 0 Å². The maximum Gasteiger partial charge on any atom is 0.139 e. The molecule has 0 unspecified atom stereocenters. The van der Waals surface area contributed by atoms with Gasteiger partial charge in [0.05, 0.1) is 15.8 Å². The van der Waals surface area contributed by atoms with Crippen LogP contribution >= 0.6 is 27.5 Å². The zero-order valence-electron chi connectivity index (χ0n) is 9.60. The van der Waals surface area contributed by atoms with Crippen molar-refractivity contribution < 1.29 is 4.39 Å². The van der Waals surface area contributed by atoms with Crippen LogP contribution in [0.2, 0.25) is 5.02 Å². The lowest BCUT2D eigenvalue weighted by Crippen LogP contribution is -1.99. The second-order valence-corrected chi connectivity index (χ2v) is 5.15. The Balaban J connectivity index is 2.40. The average Bonchev–Trinajstić information content (AvgIpc) is 2.32. The molecule has 0 radical (unpaired) electrons. The molecule has 0 heterocycles. The summed E-state index contributed by atoms with van der Waals surface area (Å²) in [6, 6.07) is 8.41. The van der Waals surface area contributed by atoms with Gasteiger partial charge in [-0.3, -0.25) is 0 Å². The van der Waals surface area contributed by atoms with Gasteiger partial charge in [-0.1, -0.05) is 17.7 Å². The molecule has 3 N–H and O–H groups in total. The van der Waals surface area contributed by atoms with Gasteiger partial charge in [0.2, 0.25) is 0 Å². The van der Waals surface area contributed by atoms with Crippen molar-refractivity contribution in [2.45, 2.75) is 6.92 Å². The van der Waals surface area contributed by atoms with E-state index in [1.165, 1.54) is 6.07 Å². The minimum absolute atomic E-state index is 0.343. The molecule has 5 heteroatoms. The van der Waals surface area contributed by atoms with E-state index in [1.54, 1.807) is 6.07 Å². The monoisotopic (exact) mass is 328 g/mol. The molecule has 0 aliphatic rings. The van der Waals surface area contributed by atoms with E-state index >= 15 is 0 Å². The first-order valence-electron chi connectivity index (χ1n) is 5.25. The molecule has 0 saturated carbocycles. The van der Waals surface area contributed by atoms with Crippen molar-refractivity contribution in [3.05, 3.63) is 51.2 Å². The molecular formula is C13H11BrClFN2. The Hall–Kier alpha value is -1.26. The highest BCUT2D eigenvalue weighted by molar-refractivity contribution is 9.10. The van der Waals surface area contributed by atoms with Crippen molar-refractivity contribution in [2.24, 2.45) is 0 Å². The number of nitrogen functional groups attached to an aromatic ring is 1. The van der Waals surface area contributed by atoms with Crippen molar-refractivity contribution >= 4 is 44.6 Å². The highest BCUT2D eigenvalue weighted by Gasteiger charge is 2.08. The lowest BCUT2D eigenvalue weighted by atomic mass is 10.2. The molecule has 94 valence electrons. The van der Waals surface area contributed by atoms with E-state index < -0.39 is 0 Å². The summed E-state index contributed by atoms with van der Waals surface area (Å²) in [5.74, 6) is -0.388. The fourth-order valence-electron chi connectivity index (χ4n) is 1.56. The largest absolute Gasteiger partial charge is 0.397 e. The number of nitrogens with two attached hydrogens (primary N) is 1. The first-order chi connectivity index (χ1) is 8.49. The quantitative estimate of drug-likeness (QED) is 0.771. The van der Waals surface area contributed by atoms with Crippen molar-refractivity contribution in [3.8, 4) is 0 Å². The van der Waals surface area contributed by atoms with Crippen LogP contribution in [0.1, 0.15) is 5.56 Å². The van der Waals surface area contributed by atoms with Crippen LogP contribution in [-0.2, 0) is 0 Å². The Morgan fingerprint density at radius 2 is 2.00 bits per heavy atom. The maximum atomic E-state index is 13.3. The molecule has 18 heavy (non-hydrogen) atoms. The number of rotatable bonds is 2. The highest BCUT2D eigenvalue weighted by Crippen LogP contribution is 2.31. The Morgan fingerprint density at radius 3 is 2.72 bits per heavy atom. The van der Waals surface area contributed by atoms with Crippen LogP contribution in [0.5, 0.6) is 0 Å². The summed E-state index contributed by atoms with van der Waals surface area (Å²) >= 11 is 9.17. The molecule has 0 fully saturated rings. The summed E-state index contributed by atoms with van der Waals surface area (Å²) in [6.45, 7) is 1.90. The standard InChI is InChI=1S/C13H11BrClFN2/c1-7-9(15)3-2-4-12(7)18-13-5-8(14)10(16)6-11(13)17/h2-6,18H,17H2,1H3. The van der Waals surface area contributed by atoms with Gasteiger partial charge in [-0.15, -0.1) is 0 Å². The van der Waals surface area contributed by atoms with E-state index in [9.17, 15) is 4.39 Å². The van der Waals surface area contributed by atoms with Crippen LogP contribution in [0, 0.1) is 12.7 Å². The number of nitrogens with one attached hydrogen (secondary N) is 1. The summed E-state index contributed by atoms with van der Waals surface area (Å²) in [7, 11) is 0. The summed E-state index contributed by atoms with van der Waals surface area (Å²) in [6.07, 6.45) is 0.